The first-order chi connectivity index (χ1) is 11.5. The molecular weight excluding hydrogens is 332 g/mol. The zero-order chi connectivity index (χ0) is 17.3. The second-order valence-corrected chi connectivity index (χ2v) is 5.54. The first-order valence-corrected chi connectivity index (χ1v) is 7.51. The summed E-state index contributed by atoms with van der Waals surface area (Å²) in [6.07, 6.45) is 0. The van der Waals surface area contributed by atoms with Crippen molar-refractivity contribution in [2.45, 2.75) is 13.8 Å². The van der Waals surface area contributed by atoms with Gasteiger partial charge < -0.3 is 14.6 Å². The predicted molar refractivity (Wildman–Crippen MR) is 91.9 cm³/mol. The van der Waals surface area contributed by atoms with Crippen LogP contribution in [0.2, 0.25) is 5.02 Å². The van der Waals surface area contributed by atoms with Gasteiger partial charge >= 0.3 is 6.03 Å². The number of halogens is 1. The first kappa shape index (κ1) is 16.1. The monoisotopic (exact) mass is 346 g/mol. The van der Waals surface area contributed by atoms with Crippen LogP contribution in [0.4, 0.5) is 16.3 Å². The van der Waals surface area contributed by atoms with Gasteiger partial charge in [-0.1, -0.05) is 22.8 Å². The lowest BCUT2D eigenvalue weighted by Crippen LogP contribution is -2.19. The largest absolute Gasteiger partial charge is 0.497 e. The Morgan fingerprint density at radius 2 is 2.08 bits per heavy atom. The summed E-state index contributed by atoms with van der Waals surface area (Å²) in [5.41, 5.74) is 2.30. The van der Waals surface area contributed by atoms with E-state index in [-0.39, 0.29) is 5.82 Å². The minimum absolute atomic E-state index is 0.261. The molecule has 3 aromatic rings. The smallest absolute Gasteiger partial charge is 0.324 e. The number of carbonyl (C=O) groups is 1. The minimum Gasteiger partial charge on any atom is -0.497 e. The highest BCUT2D eigenvalue weighted by Gasteiger charge is 2.18. The van der Waals surface area contributed by atoms with Crippen LogP contribution in [0.25, 0.3) is 11.1 Å². The van der Waals surface area contributed by atoms with Crippen LogP contribution >= 0.6 is 11.6 Å². The number of nitrogens with one attached hydrogen (secondary N) is 2. The van der Waals surface area contributed by atoms with Gasteiger partial charge in [-0.15, -0.1) is 0 Å². The number of hydrogen-bond acceptors (Lipinski definition) is 5. The highest BCUT2D eigenvalue weighted by atomic mass is 35.5. The van der Waals surface area contributed by atoms with Crippen molar-refractivity contribution in [1.29, 1.82) is 0 Å². The summed E-state index contributed by atoms with van der Waals surface area (Å²) in [6, 6.07) is 6.54. The third kappa shape index (κ3) is 2.98. The average Bonchev–Trinajstić information content (AvgIpc) is 2.95. The molecule has 0 bridgehead atoms. The van der Waals surface area contributed by atoms with Gasteiger partial charge in [0, 0.05) is 11.8 Å². The number of benzene rings is 1. The molecule has 124 valence electrons. The molecule has 0 aliphatic heterocycles. The number of anilines is 2. The lowest BCUT2D eigenvalue weighted by Gasteiger charge is -2.08. The topological polar surface area (TPSA) is 89.3 Å². The highest BCUT2D eigenvalue weighted by molar-refractivity contribution is 6.33. The van der Waals surface area contributed by atoms with Crippen LogP contribution in [-0.2, 0) is 0 Å². The molecule has 0 aliphatic carbocycles. The third-order valence-corrected chi connectivity index (χ3v) is 4.08. The van der Waals surface area contributed by atoms with Gasteiger partial charge in [-0.3, -0.25) is 5.32 Å². The summed E-state index contributed by atoms with van der Waals surface area (Å²) in [5, 5.41) is 10.3. The molecule has 0 fully saturated rings. The summed E-state index contributed by atoms with van der Waals surface area (Å²) in [5.74, 6) is 0.902. The number of aryl methyl sites for hydroxylation is 2. The van der Waals surface area contributed by atoms with Crippen LogP contribution in [-0.4, -0.2) is 23.3 Å². The maximum Gasteiger partial charge on any atom is 0.324 e. The molecule has 0 radical (unpaired) electrons. The SMILES string of the molecule is COc1cccc(NC(=O)Nc2noc3nc(C)c(Cl)c(C)c23)c1. The number of hydrogen-bond donors (Lipinski definition) is 2. The van der Waals surface area contributed by atoms with Crippen molar-refractivity contribution in [3.63, 3.8) is 0 Å². The van der Waals surface area contributed by atoms with Crippen molar-refractivity contribution in [1.82, 2.24) is 10.1 Å². The Hall–Kier alpha value is -2.80. The lowest BCUT2D eigenvalue weighted by molar-refractivity contribution is 0.262. The Morgan fingerprint density at radius 3 is 2.83 bits per heavy atom. The number of ether oxygens (including phenoxy) is 1. The van der Waals surface area contributed by atoms with Crippen LogP contribution in [0.1, 0.15) is 11.3 Å². The van der Waals surface area contributed by atoms with E-state index in [0.29, 0.717) is 33.3 Å². The quantitative estimate of drug-likeness (QED) is 0.743. The molecule has 0 saturated heterocycles. The fraction of sp³-hybridized carbons (Fsp3) is 0.188. The molecule has 0 aliphatic rings. The Bertz CT molecular complexity index is 923. The van der Waals surface area contributed by atoms with Gasteiger partial charge in [-0.25, -0.2) is 9.78 Å². The van der Waals surface area contributed by atoms with Gasteiger partial charge in [0.2, 0.25) is 0 Å². The van der Waals surface area contributed by atoms with Crippen molar-refractivity contribution >= 4 is 40.2 Å². The highest BCUT2D eigenvalue weighted by Crippen LogP contribution is 2.31. The standard InChI is InChI=1S/C16H15ClN4O3/c1-8-12-14(21-24-15(12)18-9(2)13(8)17)20-16(22)19-10-5-4-6-11(7-10)23-3/h4-7H,1-3H3,(H2,19,20,21,22). The van der Waals surface area contributed by atoms with Gasteiger partial charge in [0.15, 0.2) is 5.82 Å². The Balaban J connectivity index is 1.84. The Kier molecular flexibility index (Phi) is 4.26. The zero-order valence-electron chi connectivity index (χ0n) is 13.3. The number of urea groups is 1. The van der Waals surface area contributed by atoms with E-state index in [2.05, 4.69) is 20.8 Å². The summed E-state index contributed by atoms with van der Waals surface area (Å²) in [4.78, 5) is 16.4. The van der Waals surface area contributed by atoms with Crippen molar-refractivity contribution < 1.29 is 14.1 Å². The Labute approximate surface area is 142 Å². The van der Waals surface area contributed by atoms with Crippen molar-refractivity contribution in [2.24, 2.45) is 0 Å². The van der Waals surface area contributed by atoms with E-state index in [1.165, 1.54) is 0 Å². The van der Waals surface area contributed by atoms with Crippen molar-refractivity contribution in [3.05, 3.63) is 40.5 Å². The second kappa shape index (κ2) is 6.37. The molecule has 24 heavy (non-hydrogen) atoms. The number of pyridine rings is 1. The number of methoxy groups -OCH3 is 1. The van der Waals surface area contributed by atoms with Gasteiger partial charge in [-0.2, -0.15) is 0 Å². The maximum atomic E-state index is 12.2. The number of carbonyl (C=O) groups excluding carboxylic acids is 1. The first-order valence-electron chi connectivity index (χ1n) is 7.13. The fourth-order valence-electron chi connectivity index (χ4n) is 2.33. The molecule has 2 N–H and O–H groups in total. The number of rotatable bonds is 3. The molecule has 0 saturated carbocycles. The predicted octanol–water partition coefficient (Wildman–Crippen LogP) is 4.15. The van der Waals surface area contributed by atoms with Crippen LogP contribution in [0.15, 0.2) is 28.8 Å². The zero-order valence-corrected chi connectivity index (χ0v) is 14.1. The molecular formula is C16H15ClN4O3. The van der Waals surface area contributed by atoms with Crippen LogP contribution in [0.3, 0.4) is 0 Å². The summed E-state index contributed by atoms with van der Waals surface area (Å²) in [6.45, 7) is 3.60. The number of nitrogens with zero attached hydrogens (tertiary/aromatic N) is 2. The van der Waals surface area contributed by atoms with E-state index in [0.717, 1.165) is 5.56 Å². The fourth-order valence-corrected chi connectivity index (χ4v) is 2.47. The number of amides is 2. The second-order valence-electron chi connectivity index (χ2n) is 5.16. The number of aromatic nitrogens is 2. The van der Waals surface area contributed by atoms with Crippen molar-refractivity contribution in [2.75, 3.05) is 17.7 Å². The van der Waals surface area contributed by atoms with E-state index >= 15 is 0 Å². The van der Waals surface area contributed by atoms with Crippen LogP contribution < -0.4 is 15.4 Å². The van der Waals surface area contributed by atoms with Gasteiger partial charge in [0.1, 0.15) is 5.75 Å². The maximum absolute atomic E-state index is 12.2. The molecule has 2 heterocycles. The summed E-state index contributed by atoms with van der Waals surface area (Å²) < 4.78 is 10.3. The molecule has 0 unspecified atom stereocenters. The van der Waals surface area contributed by atoms with E-state index in [9.17, 15) is 4.79 Å². The van der Waals surface area contributed by atoms with Gasteiger partial charge in [-0.05, 0) is 31.5 Å². The summed E-state index contributed by atoms with van der Waals surface area (Å²) >= 11 is 6.21. The van der Waals surface area contributed by atoms with Gasteiger partial charge in [0.25, 0.3) is 5.71 Å². The average molecular weight is 347 g/mol. The van der Waals surface area contributed by atoms with E-state index in [1.54, 1.807) is 38.3 Å². The van der Waals surface area contributed by atoms with Crippen LogP contribution in [0, 0.1) is 13.8 Å². The van der Waals surface area contributed by atoms with E-state index in [1.807, 2.05) is 6.92 Å². The van der Waals surface area contributed by atoms with Gasteiger partial charge in [0.05, 0.1) is 23.2 Å². The normalized spacial score (nSPS) is 10.7. The third-order valence-electron chi connectivity index (χ3n) is 3.52. The Morgan fingerprint density at radius 1 is 1.29 bits per heavy atom. The molecule has 3 rings (SSSR count). The van der Waals surface area contributed by atoms with Crippen LogP contribution in [0.5, 0.6) is 5.75 Å². The molecule has 0 spiro atoms. The molecule has 2 aromatic heterocycles. The lowest BCUT2D eigenvalue weighted by atomic mass is 10.2. The minimum atomic E-state index is -0.463. The van der Waals surface area contributed by atoms with E-state index in [4.69, 9.17) is 20.9 Å². The van der Waals surface area contributed by atoms with Crippen molar-refractivity contribution in [3.8, 4) is 5.75 Å². The van der Waals surface area contributed by atoms with E-state index < -0.39 is 6.03 Å². The molecule has 0 atom stereocenters. The summed E-state index contributed by atoms with van der Waals surface area (Å²) in [7, 11) is 1.56. The number of fused-ring (bicyclic) bond motifs is 1. The molecule has 7 nitrogen and oxygen atoms in total. The molecule has 8 heteroatoms. The molecule has 1 aromatic carbocycles. The molecule has 2 amide bonds.